The van der Waals surface area contributed by atoms with Crippen LogP contribution in [0.4, 0.5) is 11.5 Å². The first kappa shape index (κ1) is 18.3. The number of hydrogen-bond donors (Lipinski definition) is 1. The maximum Gasteiger partial charge on any atom is 0.254 e. The van der Waals surface area contributed by atoms with E-state index in [1.165, 1.54) is 11.1 Å². The summed E-state index contributed by atoms with van der Waals surface area (Å²) >= 11 is 6.09. The largest absolute Gasteiger partial charge is 0.495 e. The van der Waals surface area contributed by atoms with Gasteiger partial charge in [-0.2, -0.15) is 0 Å². The summed E-state index contributed by atoms with van der Waals surface area (Å²) < 4.78 is 5.35. The Morgan fingerprint density at radius 2 is 1.96 bits per heavy atom. The van der Waals surface area contributed by atoms with Crippen LogP contribution >= 0.6 is 11.6 Å². The number of hydrogen-bond acceptors (Lipinski definition) is 4. The van der Waals surface area contributed by atoms with Crippen LogP contribution in [0.3, 0.4) is 0 Å². The molecule has 2 aromatic carbocycles. The van der Waals surface area contributed by atoms with Gasteiger partial charge in [-0.25, -0.2) is 4.98 Å². The smallest absolute Gasteiger partial charge is 0.254 e. The number of fused-ring (bicyclic) bond motifs is 1. The van der Waals surface area contributed by atoms with E-state index in [1.54, 1.807) is 43.6 Å². The number of anilines is 2. The Kier molecular flexibility index (Phi) is 5.17. The van der Waals surface area contributed by atoms with Gasteiger partial charge in [0.25, 0.3) is 5.91 Å². The highest BCUT2D eigenvalue weighted by molar-refractivity contribution is 6.31. The topological polar surface area (TPSA) is 54.5 Å². The van der Waals surface area contributed by atoms with Crippen molar-refractivity contribution >= 4 is 29.0 Å². The van der Waals surface area contributed by atoms with Gasteiger partial charge in [-0.05, 0) is 47.9 Å². The summed E-state index contributed by atoms with van der Waals surface area (Å²) in [6.07, 6.45) is 2.50. The predicted octanol–water partition coefficient (Wildman–Crippen LogP) is 4.69. The molecule has 0 spiro atoms. The fourth-order valence-corrected chi connectivity index (χ4v) is 3.57. The van der Waals surface area contributed by atoms with Crippen molar-refractivity contribution in [3.63, 3.8) is 0 Å². The highest BCUT2D eigenvalue weighted by Gasteiger charge is 2.22. The Bertz CT molecular complexity index is 1020. The average molecular weight is 394 g/mol. The zero-order valence-electron chi connectivity index (χ0n) is 15.5. The van der Waals surface area contributed by atoms with E-state index in [0.29, 0.717) is 40.9 Å². The molecule has 4 rings (SSSR count). The van der Waals surface area contributed by atoms with Crippen LogP contribution in [0.25, 0.3) is 0 Å². The molecule has 0 saturated carbocycles. The van der Waals surface area contributed by atoms with Gasteiger partial charge in [0.05, 0.1) is 12.8 Å². The molecule has 0 bridgehead atoms. The number of pyridine rings is 1. The first-order valence-electron chi connectivity index (χ1n) is 9.07. The number of benzene rings is 2. The molecule has 0 atom stereocenters. The summed E-state index contributed by atoms with van der Waals surface area (Å²) in [4.78, 5) is 19.2. The molecule has 28 heavy (non-hydrogen) atoms. The van der Waals surface area contributed by atoms with Gasteiger partial charge in [0, 0.05) is 29.9 Å². The third-order valence-electron chi connectivity index (χ3n) is 4.85. The number of ether oxygens (including phenoxy) is 1. The lowest BCUT2D eigenvalue weighted by Gasteiger charge is -2.29. The molecular formula is C22H20ClN3O2. The van der Waals surface area contributed by atoms with Crippen LogP contribution in [-0.4, -0.2) is 29.4 Å². The molecule has 0 fully saturated rings. The summed E-state index contributed by atoms with van der Waals surface area (Å²) in [6.45, 7) is 1.34. The van der Waals surface area contributed by atoms with E-state index in [0.717, 1.165) is 6.42 Å². The maximum atomic E-state index is 13.0. The summed E-state index contributed by atoms with van der Waals surface area (Å²) in [5.74, 6) is 1.21. The van der Waals surface area contributed by atoms with E-state index in [2.05, 4.69) is 22.4 Å². The van der Waals surface area contributed by atoms with Crippen LogP contribution in [0.5, 0.6) is 5.75 Å². The molecule has 1 aliphatic heterocycles. The van der Waals surface area contributed by atoms with Gasteiger partial charge in [-0.1, -0.05) is 35.9 Å². The first-order valence-corrected chi connectivity index (χ1v) is 9.44. The lowest BCUT2D eigenvalue weighted by molar-refractivity contribution is 0.0734. The SMILES string of the molecule is COc1ccc(Cl)cc1Nc1cc(C(=O)N2CCc3ccccc3C2)ccn1. The van der Waals surface area contributed by atoms with Crippen LogP contribution in [0.2, 0.25) is 5.02 Å². The fraction of sp³-hybridized carbons (Fsp3) is 0.182. The molecule has 142 valence electrons. The molecule has 6 heteroatoms. The van der Waals surface area contributed by atoms with E-state index in [1.807, 2.05) is 17.0 Å². The molecule has 3 aromatic rings. The zero-order valence-corrected chi connectivity index (χ0v) is 16.2. The Labute approximate surface area is 168 Å². The standard InChI is InChI=1S/C22H20ClN3O2/c1-28-20-7-6-18(23)13-19(20)25-21-12-16(8-10-24-21)22(27)26-11-9-15-4-2-3-5-17(15)14-26/h2-8,10,12-13H,9,11,14H2,1H3,(H,24,25). The van der Waals surface area contributed by atoms with Crippen molar-refractivity contribution in [2.45, 2.75) is 13.0 Å². The van der Waals surface area contributed by atoms with Gasteiger partial charge in [0.1, 0.15) is 11.6 Å². The van der Waals surface area contributed by atoms with Crippen LogP contribution in [-0.2, 0) is 13.0 Å². The number of halogens is 1. The van der Waals surface area contributed by atoms with Crippen molar-refractivity contribution < 1.29 is 9.53 Å². The minimum Gasteiger partial charge on any atom is -0.495 e. The van der Waals surface area contributed by atoms with Crippen molar-refractivity contribution in [3.8, 4) is 5.75 Å². The summed E-state index contributed by atoms with van der Waals surface area (Å²) in [6, 6.07) is 17.1. The Hall–Kier alpha value is -3.05. The van der Waals surface area contributed by atoms with Gasteiger partial charge in [0.15, 0.2) is 0 Å². The number of amides is 1. The zero-order chi connectivity index (χ0) is 19.5. The monoisotopic (exact) mass is 393 g/mol. The number of aromatic nitrogens is 1. The quantitative estimate of drug-likeness (QED) is 0.698. The number of carbonyl (C=O) groups excluding carboxylic acids is 1. The van der Waals surface area contributed by atoms with Gasteiger partial charge in [-0.3, -0.25) is 4.79 Å². The third kappa shape index (κ3) is 3.80. The molecule has 1 N–H and O–H groups in total. The van der Waals surface area contributed by atoms with Crippen molar-refractivity contribution in [2.75, 3.05) is 19.0 Å². The summed E-state index contributed by atoms with van der Waals surface area (Å²) in [7, 11) is 1.59. The summed E-state index contributed by atoms with van der Waals surface area (Å²) in [5.41, 5.74) is 3.81. The van der Waals surface area contributed by atoms with E-state index in [4.69, 9.17) is 16.3 Å². The van der Waals surface area contributed by atoms with Gasteiger partial charge in [-0.15, -0.1) is 0 Å². The van der Waals surface area contributed by atoms with Crippen molar-refractivity contribution in [2.24, 2.45) is 0 Å². The molecule has 5 nitrogen and oxygen atoms in total. The minimum absolute atomic E-state index is 0.00184. The number of nitrogens with zero attached hydrogens (tertiary/aromatic N) is 2. The molecule has 0 radical (unpaired) electrons. The van der Waals surface area contributed by atoms with Gasteiger partial charge in [0.2, 0.25) is 0 Å². The lowest BCUT2D eigenvalue weighted by Crippen LogP contribution is -2.35. The molecule has 0 aliphatic carbocycles. The normalized spacial score (nSPS) is 13.0. The van der Waals surface area contributed by atoms with Crippen molar-refractivity contribution in [1.82, 2.24) is 9.88 Å². The predicted molar refractivity (Wildman–Crippen MR) is 110 cm³/mol. The summed E-state index contributed by atoms with van der Waals surface area (Å²) in [5, 5.41) is 3.77. The fourth-order valence-electron chi connectivity index (χ4n) is 3.40. The second-order valence-corrected chi connectivity index (χ2v) is 7.08. The Morgan fingerprint density at radius 1 is 1.14 bits per heavy atom. The van der Waals surface area contributed by atoms with Gasteiger partial charge < -0.3 is 15.0 Å². The molecule has 0 saturated heterocycles. The van der Waals surface area contributed by atoms with Crippen LogP contribution in [0.15, 0.2) is 60.8 Å². The third-order valence-corrected chi connectivity index (χ3v) is 5.08. The van der Waals surface area contributed by atoms with Crippen molar-refractivity contribution in [1.29, 1.82) is 0 Å². The maximum absolute atomic E-state index is 13.0. The average Bonchev–Trinajstić information content (AvgIpc) is 2.73. The van der Waals surface area contributed by atoms with E-state index >= 15 is 0 Å². The number of nitrogens with one attached hydrogen (secondary N) is 1. The number of rotatable bonds is 4. The van der Waals surface area contributed by atoms with E-state index in [9.17, 15) is 4.79 Å². The van der Waals surface area contributed by atoms with E-state index in [-0.39, 0.29) is 5.91 Å². The Balaban J connectivity index is 1.54. The lowest BCUT2D eigenvalue weighted by atomic mass is 9.99. The molecule has 1 aromatic heterocycles. The first-order chi connectivity index (χ1) is 13.6. The molecule has 2 heterocycles. The van der Waals surface area contributed by atoms with Crippen molar-refractivity contribution in [3.05, 3.63) is 82.5 Å². The number of carbonyl (C=O) groups is 1. The number of methoxy groups -OCH3 is 1. The van der Waals surface area contributed by atoms with Crippen LogP contribution in [0.1, 0.15) is 21.5 Å². The second kappa shape index (κ2) is 7.90. The minimum atomic E-state index is -0.00184. The van der Waals surface area contributed by atoms with E-state index < -0.39 is 0 Å². The molecule has 0 unspecified atom stereocenters. The molecular weight excluding hydrogens is 374 g/mol. The van der Waals surface area contributed by atoms with Gasteiger partial charge >= 0.3 is 0 Å². The highest BCUT2D eigenvalue weighted by atomic mass is 35.5. The highest BCUT2D eigenvalue weighted by Crippen LogP contribution is 2.30. The van der Waals surface area contributed by atoms with Crippen LogP contribution in [0, 0.1) is 0 Å². The Morgan fingerprint density at radius 3 is 2.79 bits per heavy atom. The second-order valence-electron chi connectivity index (χ2n) is 6.64. The molecule has 1 aliphatic rings. The van der Waals surface area contributed by atoms with Crippen LogP contribution < -0.4 is 10.1 Å². The molecule has 1 amide bonds.